The van der Waals surface area contributed by atoms with Crippen LogP contribution in [0.3, 0.4) is 0 Å². The zero-order chi connectivity index (χ0) is 12.9. The van der Waals surface area contributed by atoms with E-state index in [4.69, 9.17) is 10.8 Å². The van der Waals surface area contributed by atoms with E-state index >= 15 is 0 Å². The third-order valence-corrected chi connectivity index (χ3v) is 2.52. The number of hydrogen-bond donors (Lipinski definition) is 3. The van der Waals surface area contributed by atoms with Gasteiger partial charge in [0, 0.05) is 18.0 Å². The second-order valence-corrected chi connectivity index (χ2v) is 4.97. The van der Waals surface area contributed by atoms with Crippen molar-refractivity contribution in [3.05, 3.63) is 0 Å². The molecular weight excluding hydrogens is 208 g/mol. The van der Waals surface area contributed by atoms with Gasteiger partial charge in [-0.1, -0.05) is 0 Å². The van der Waals surface area contributed by atoms with Crippen molar-refractivity contribution in [3.8, 4) is 0 Å². The summed E-state index contributed by atoms with van der Waals surface area (Å²) in [5.41, 5.74) is 5.37. The Labute approximate surface area is 96.4 Å². The van der Waals surface area contributed by atoms with Gasteiger partial charge in [0.2, 0.25) is 5.91 Å². The maximum atomic E-state index is 11.5. The van der Waals surface area contributed by atoms with Crippen LogP contribution in [0.25, 0.3) is 0 Å². The highest BCUT2D eigenvalue weighted by atomic mass is 16.4. The van der Waals surface area contributed by atoms with E-state index in [1.807, 2.05) is 13.8 Å². The van der Waals surface area contributed by atoms with Crippen molar-refractivity contribution in [2.75, 3.05) is 0 Å². The average Bonchev–Trinajstić information content (AvgIpc) is 2.12. The Kier molecular flexibility index (Phi) is 5.44. The lowest BCUT2D eigenvalue weighted by Gasteiger charge is -2.20. The number of hydrogen-bond acceptors (Lipinski definition) is 3. The molecule has 1 amide bonds. The number of rotatable bonds is 6. The first kappa shape index (κ1) is 14.9. The highest BCUT2D eigenvalue weighted by Crippen LogP contribution is 2.08. The average molecular weight is 230 g/mol. The van der Waals surface area contributed by atoms with Gasteiger partial charge in [0.05, 0.1) is 5.92 Å². The smallest absolute Gasteiger partial charge is 0.308 e. The molecule has 0 radical (unpaired) electrons. The van der Waals surface area contributed by atoms with Gasteiger partial charge >= 0.3 is 5.97 Å². The quantitative estimate of drug-likeness (QED) is 0.627. The number of carboxylic acids is 1. The van der Waals surface area contributed by atoms with Crippen LogP contribution in [-0.4, -0.2) is 28.6 Å². The van der Waals surface area contributed by atoms with Crippen LogP contribution >= 0.6 is 0 Å². The summed E-state index contributed by atoms with van der Waals surface area (Å²) in [6.07, 6.45) is 0.896. The molecule has 0 heterocycles. The molecule has 5 nitrogen and oxygen atoms in total. The molecule has 4 N–H and O–H groups in total. The van der Waals surface area contributed by atoms with Crippen molar-refractivity contribution in [2.24, 2.45) is 11.7 Å². The molecule has 0 spiro atoms. The Hall–Kier alpha value is -1.10. The third kappa shape index (κ3) is 6.40. The van der Waals surface area contributed by atoms with Crippen LogP contribution in [0.15, 0.2) is 0 Å². The molecule has 0 rings (SSSR count). The minimum Gasteiger partial charge on any atom is -0.481 e. The number of nitrogens with two attached hydrogens (primary N) is 1. The predicted octanol–water partition coefficient (Wildman–Crippen LogP) is 0.729. The zero-order valence-corrected chi connectivity index (χ0v) is 10.4. The molecule has 94 valence electrons. The van der Waals surface area contributed by atoms with Crippen LogP contribution in [0.2, 0.25) is 0 Å². The molecule has 0 saturated heterocycles. The van der Waals surface area contributed by atoms with Crippen molar-refractivity contribution >= 4 is 11.9 Å². The molecule has 0 aromatic rings. The largest absolute Gasteiger partial charge is 0.481 e. The number of amides is 1. The van der Waals surface area contributed by atoms with Gasteiger partial charge in [-0.3, -0.25) is 9.59 Å². The monoisotopic (exact) mass is 230 g/mol. The van der Waals surface area contributed by atoms with E-state index in [-0.39, 0.29) is 17.5 Å². The summed E-state index contributed by atoms with van der Waals surface area (Å²) in [7, 11) is 0. The Morgan fingerprint density at radius 2 is 1.88 bits per heavy atom. The van der Waals surface area contributed by atoms with Gasteiger partial charge in [0.15, 0.2) is 0 Å². The summed E-state index contributed by atoms with van der Waals surface area (Å²) >= 11 is 0. The summed E-state index contributed by atoms with van der Waals surface area (Å²) in [5, 5.41) is 11.4. The minimum absolute atomic E-state index is 0.154. The van der Waals surface area contributed by atoms with E-state index < -0.39 is 11.9 Å². The van der Waals surface area contributed by atoms with Gasteiger partial charge in [-0.25, -0.2) is 0 Å². The molecule has 0 aliphatic rings. The maximum Gasteiger partial charge on any atom is 0.308 e. The first-order valence-corrected chi connectivity index (χ1v) is 5.44. The third-order valence-electron chi connectivity index (χ3n) is 2.52. The lowest BCUT2D eigenvalue weighted by Crippen LogP contribution is -2.41. The second kappa shape index (κ2) is 5.84. The van der Waals surface area contributed by atoms with Gasteiger partial charge in [-0.2, -0.15) is 0 Å². The fraction of sp³-hybridized carbons (Fsp3) is 0.818. The van der Waals surface area contributed by atoms with Crippen molar-refractivity contribution < 1.29 is 14.7 Å². The molecule has 0 aromatic carbocycles. The molecular formula is C11H22N2O3. The second-order valence-electron chi connectivity index (χ2n) is 4.97. The van der Waals surface area contributed by atoms with E-state index in [1.165, 1.54) is 0 Å². The van der Waals surface area contributed by atoms with Crippen LogP contribution in [0.5, 0.6) is 0 Å². The Balaban J connectivity index is 4.01. The highest BCUT2D eigenvalue weighted by molar-refractivity contribution is 5.78. The molecule has 0 fully saturated rings. The number of aliphatic carboxylic acids is 1. The summed E-state index contributed by atoms with van der Waals surface area (Å²) < 4.78 is 0. The van der Waals surface area contributed by atoms with Crippen molar-refractivity contribution in [1.29, 1.82) is 0 Å². The maximum absolute atomic E-state index is 11.5. The van der Waals surface area contributed by atoms with E-state index in [1.54, 1.807) is 13.8 Å². The topological polar surface area (TPSA) is 92.4 Å². The molecule has 2 atom stereocenters. The van der Waals surface area contributed by atoms with E-state index in [9.17, 15) is 9.59 Å². The lowest BCUT2D eigenvalue weighted by atomic mass is 9.99. The van der Waals surface area contributed by atoms with Gasteiger partial charge in [0.25, 0.3) is 0 Å². The normalized spacial score (nSPS) is 15.3. The minimum atomic E-state index is -0.910. The van der Waals surface area contributed by atoms with Gasteiger partial charge < -0.3 is 16.2 Å². The molecule has 0 aliphatic carbocycles. The first-order valence-electron chi connectivity index (χ1n) is 5.44. The van der Waals surface area contributed by atoms with Gasteiger partial charge in [0.1, 0.15) is 0 Å². The Bertz CT molecular complexity index is 258. The van der Waals surface area contributed by atoms with Crippen LogP contribution in [-0.2, 0) is 9.59 Å². The van der Waals surface area contributed by atoms with E-state index in [2.05, 4.69) is 5.32 Å². The van der Waals surface area contributed by atoms with Crippen LogP contribution in [0, 0.1) is 5.92 Å². The summed E-state index contributed by atoms with van der Waals surface area (Å²) in [5.74, 6) is -1.65. The number of nitrogens with one attached hydrogen (secondary N) is 1. The van der Waals surface area contributed by atoms with Crippen LogP contribution in [0.4, 0.5) is 0 Å². The summed E-state index contributed by atoms with van der Waals surface area (Å²) in [6.45, 7) is 6.96. The number of carbonyl (C=O) groups excluding carboxylic acids is 1. The van der Waals surface area contributed by atoms with Crippen molar-refractivity contribution in [3.63, 3.8) is 0 Å². The number of carbonyl (C=O) groups is 2. The van der Waals surface area contributed by atoms with Gasteiger partial charge in [-0.05, 0) is 34.1 Å². The molecule has 0 saturated carbocycles. The lowest BCUT2D eigenvalue weighted by molar-refractivity contribution is -0.142. The summed E-state index contributed by atoms with van der Waals surface area (Å²) in [4.78, 5) is 22.1. The first-order chi connectivity index (χ1) is 7.13. The van der Waals surface area contributed by atoms with Crippen molar-refractivity contribution in [2.45, 2.75) is 52.1 Å². The fourth-order valence-corrected chi connectivity index (χ4v) is 1.10. The Morgan fingerprint density at radius 1 is 1.38 bits per heavy atom. The van der Waals surface area contributed by atoms with Crippen LogP contribution < -0.4 is 11.1 Å². The number of carboxylic acid groups (broad SMARTS) is 1. The standard InChI is InChI=1S/C11H22N2O3/c1-7(10(15)16)8(2)13-9(14)5-6-11(3,4)12/h7-8H,5-6,12H2,1-4H3,(H,13,14)(H,15,16). The fourth-order valence-electron chi connectivity index (χ4n) is 1.10. The zero-order valence-electron chi connectivity index (χ0n) is 10.4. The van der Waals surface area contributed by atoms with E-state index in [0.717, 1.165) is 0 Å². The van der Waals surface area contributed by atoms with Gasteiger partial charge in [-0.15, -0.1) is 0 Å². The Morgan fingerprint density at radius 3 is 2.25 bits per heavy atom. The highest BCUT2D eigenvalue weighted by Gasteiger charge is 2.21. The van der Waals surface area contributed by atoms with Crippen LogP contribution in [0.1, 0.15) is 40.5 Å². The molecule has 0 aliphatic heterocycles. The molecule has 5 heteroatoms. The van der Waals surface area contributed by atoms with Crippen molar-refractivity contribution in [1.82, 2.24) is 5.32 Å². The van der Waals surface area contributed by atoms with E-state index in [0.29, 0.717) is 12.8 Å². The summed E-state index contributed by atoms with van der Waals surface area (Å²) in [6, 6.07) is -0.370. The molecule has 2 unspecified atom stereocenters. The molecule has 0 aromatic heterocycles. The SMILES string of the molecule is CC(NC(=O)CCC(C)(C)N)C(C)C(=O)O. The molecule has 0 bridgehead atoms. The molecule has 16 heavy (non-hydrogen) atoms. The predicted molar refractivity (Wildman–Crippen MR) is 61.9 cm³/mol.